The van der Waals surface area contributed by atoms with E-state index < -0.39 is 11.9 Å². The molecule has 1 aliphatic rings. The van der Waals surface area contributed by atoms with Gasteiger partial charge in [-0.3, -0.25) is 9.59 Å². The Morgan fingerprint density at radius 3 is 2.50 bits per heavy atom. The molecule has 1 N–H and O–H groups in total. The van der Waals surface area contributed by atoms with Crippen LogP contribution in [0.3, 0.4) is 0 Å². The highest BCUT2D eigenvalue weighted by Crippen LogP contribution is 2.33. The van der Waals surface area contributed by atoms with Crippen LogP contribution < -0.4 is 0 Å². The van der Waals surface area contributed by atoms with Gasteiger partial charge in [0.2, 0.25) is 5.91 Å². The summed E-state index contributed by atoms with van der Waals surface area (Å²) in [7, 11) is 0. The third kappa shape index (κ3) is 2.37. The van der Waals surface area contributed by atoms with Gasteiger partial charge in [0.05, 0.1) is 5.92 Å². The second kappa shape index (κ2) is 5.21. The summed E-state index contributed by atoms with van der Waals surface area (Å²) in [5.41, 5.74) is 0.997. The normalized spacial score (nSPS) is 23.1. The number of carboxylic acid groups (broad SMARTS) is 1. The molecule has 0 aliphatic carbocycles. The molecule has 0 radical (unpaired) electrons. The molecule has 0 spiro atoms. The number of carbonyl (C=O) groups is 2. The fourth-order valence-electron chi connectivity index (χ4n) is 2.52. The molecule has 1 saturated heterocycles. The van der Waals surface area contributed by atoms with Gasteiger partial charge in [-0.05, 0) is 5.56 Å². The number of likely N-dealkylation sites (tertiary alicyclic amines) is 1. The van der Waals surface area contributed by atoms with Gasteiger partial charge in [0.25, 0.3) is 0 Å². The molecule has 1 aliphatic heterocycles. The van der Waals surface area contributed by atoms with Gasteiger partial charge in [-0.25, -0.2) is 0 Å². The number of hydrogen-bond acceptors (Lipinski definition) is 2. The lowest BCUT2D eigenvalue weighted by atomic mass is 9.89. The quantitative estimate of drug-likeness (QED) is 0.884. The van der Waals surface area contributed by atoms with Crippen LogP contribution in [0, 0.1) is 5.92 Å². The van der Waals surface area contributed by atoms with Gasteiger partial charge < -0.3 is 10.0 Å². The fourth-order valence-corrected chi connectivity index (χ4v) is 2.52. The molecule has 0 saturated carbocycles. The number of amides is 1. The largest absolute Gasteiger partial charge is 0.481 e. The molecule has 2 atom stereocenters. The zero-order valence-electron chi connectivity index (χ0n) is 10.4. The summed E-state index contributed by atoms with van der Waals surface area (Å²) in [6.07, 6.45) is 0.424. The molecule has 1 heterocycles. The lowest BCUT2D eigenvalue weighted by Crippen LogP contribution is -2.29. The average Bonchev–Trinajstić information content (AvgIpc) is 2.84. The van der Waals surface area contributed by atoms with E-state index in [2.05, 4.69) is 0 Å². The van der Waals surface area contributed by atoms with Gasteiger partial charge in [0.1, 0.15) is 0 Å². The Kier molecular flexibility index (Phi) is 3.65. The van der Waals surface area contributed by atoms with Crippen LogP contribution in [0.5, 0.6) is 0 Å². The van der Waals surface area contributed by atoms with Crippen LogP contribution in [0.15, 0.2) is 30.3 Å². The Morgan fingerprint density at radius 2 is 1.94 bits per heavy atom. The Bertz CT molecular complexity index is 444. The maximum atomic E-state index is 11.7. The third-order valence-electron chi connectivity index (χ3n) is 3.52. The molecule has 96 valence electrons. The van der Waals surface area contributed by atoms with Gasteiger partial charge >= 0.3 is 5.97 Å². The van der Waals surface area contributed by atoms with Crippen molar-refractivity contribution in [3.63, 3.8) is 0 Å². The van der Waals surface area contributed by atoms with Crippen molar-refractivity contribution in [2.24, 2.45) is 5.92 Å². The number of carbonyl (C=O) groups excluding carboxylic acids is 1. The number of carboxylic acids is 1. The Balaban J connectivity index is 2.23. The zero-order valence-corrected chi connectivity index (χ0v) is 10.4. The summed E-state index contributed by atoms with van der Waals surface area (Å²) in [6.45, 7) is 2.63. The van der Waals surface area contributed by atoms with Crippen LogP contribution in [0.25, 0.3) is 0 Å². The van der Waals surface area contributed by atoms with Gasteiger partial charge in [0, 0.05) is 25.4 Å². The highest BCUT2D eigenvalue weighted by Gasteiger charge is 2.39. The molecule has 1 fully saturated rings. The summed E-state index contributed by atoms with van der Waals surface area (Å²) in [4.78, 5) is 24.7. The Morgan fingerprint density at radius 1 is 1.28 bits per heavy atom. The number of hydrogen-bond donors (Lipinski definition) is 1. The maximum absolute atomic E-state index is 11.7. The molecular formula is C14H17NO3. The SMILES string of the molecule is CCC(=O)N1CC(C(=O)O)C(c2ccccc2)C1. The van der Waals surface area contributed by atoms with E-state index >= 15 is 0 Å². The van der Waals surface area contributed by atoms with Crippen LogP contribution in [-0.4, -0.2) is 35.0 Å². The standard InChI is InChI=1S/C14H17NO3/c1-2-13(16)15-8-11(12(9-15)14(17)18)10-6-4-3-5-7-10/h3-7,11-12H,2,8-9H2,1H3,(H,17,18). The molecule has 1 amide bonds. The van der Waals surface area contributed by atoms with E-state index in [9.17, 15) is 14.7 Å². The summed E-state index contributed by atoms with van der Waals surface area (Å²) in [5.74, 6) is -1.39. The first-order chi connectivity index (χ1) is 8.63. The third-order valence-corrected chi connectivity index (χ3v) is 3.52. The highest BCUT2D eigenvalue weighted by atomic mass is 16.4. The predicted octanol–water partition coefficient (Wildman–Crippen LogP) is 1.72. The van der Waals surface area contributed by atoms with E-state index in [-0.39, 0.29) is 11.8 Å². The minimum atomic E-state index is -0.824. The molecule has 0 bridgehead atoms. The van der Waals surface area contributed by atoms with Gasteiger partial charge in [-0.2, -0.15) is 0 Å². The second-order valence-electron chi connectivity index (χ2n) is 4.61. The van der Waals surface area contributed by atoms with Crippen molar-refractivity contribution in [1.82, 2.24) is 4.90 Å². The molecule has 4 nitrogen and oxygen atoms in total. The molecule has 2 unspecified atom stereocenters. The lowest BCUT2D eigenvalue weighted by Gasteiger charge is -2.15. The van der Waals surface area contributed by atoms with Gasteiger partial charge in [-0.15, -0.1) is 0 Å². The molecule has 0 aromatic heterocycles. The first kappa shape index (κ1) is 12.6. The number of benzene rings is 1. The molecule has 1 aromatic carbocycles. The summed E-state index contributed by atoms with van der Waals surface area (Å²) < 4.78 is 0. The van der Waals surface area contributed by atoms with E-state index in [1.807, 2.05) is 30.3 Å². The van der Waals surface area contributed by atoms with E-state index in [0.717, 1.165) is 5.56 Å². The fraction of sp³-hybridized carbons (Fsp3) is 0.429. The van der Waals surface area contributed by atoms with Crippen LogP contribution in [0.4, 0.5) is 0 Å². The second-order valence-corrected chi connectivity index (χ2v) is 4.61. The summed E-state index contributed by atoms with van der Waals surface area (Å²) >= 11 is 0. The monoisotopic (exact) mass is 247 g/mol. The molecule has 4 heteroatoms. The van der Waals surface area contributed by atoms with Crippen molar-refractivity contribution in [2.75, 3.05) is 13.1 Å². The minimum Gasteiger partial charge on any atom is -0.481 e. The summed E-state index contributed by atoms with van der Waals surface area (Å²) in [5, 5.41) is 9.28. The molecule has 2 rings (SSSR count). The van der Waals surface area contributed by atoms with Crippen molar-refractivity contribution in [2.45, 2.75) is 19.3 Å². The van der Waals surface area contributed by atoms with Gasteiger partial charge in [-0.1, -0.05) is 37.3 Å². The van der Waals surface area contributed by atoms with Crippen molar-refractivity contribution in [3.05, 3.63) is 35.9 Å². The topological polar surface area (TPSA) is 57.6 Å². The van der Waals surface area contributed by atoms with Crippen LogP contribution in [0.1, 0.15) is 24.8 Å². The van der Waals surface area contributed by atoms with Crippen LogP contribution >= 0.6 is 0 Å². The molecule has 18 heavy (non-hydrogen) atoms. The maximum Gasteiger partial charge on any atom is 0.308 e. The zero-order chi connectivity index (χ0) is 13.1. The molecule has 1 aromatic rings. The van der Waals surface area contributed by atoms with E-state index in [4.69, 9.17) is 0 Å². The average molecular weight is 247 g/mol. The van der Waals surface area contributed by atoms with Crippen molar-refractivity contribution in [1.29, 1.82) is 0 Å². The van der Waals surface area contributed by atoms with E-state index in [1.54, 1.807) is 11.8 Å². The summed E-state index contributed by atoms with van der Waals surface area (Å²) in [6, 6.07) is 9.57. The number of rotatable bonds is 3. The predicted molar refractivity (Wildman–Crippen MR) is 67.2 cm³/mol. The molecular weight excluding hydrogens is 230 g/mol. The number of nitrogens with zero attached hydrogens (tertiary/aromatic N) is 1. The van der Waals surface area contributed by atoms with Crippen molar-refractivity contribution in [3.8, 4) is 0 Å². The van der Waals surface area contributed by atoms with Gasteiger partial charge in [0.15, 0.2) is 0 Å². The minimum absolute atomic E-state index is 0.0275. The lowest BCUT2D eigenvalue weighted by molar-refractivity contribution is -0.141. The highest BCUT2D eigenvalue weighted by molar-refractivity contribution is 5.79. The van der Waals surface area contributed by atoms with Crippen LogP contribution in [-0.2, 0) is 9.59 Å². The Labute approximate surface area is 106 Å². The Hall–Kier alpha value is -1.84. The smallest absolute Gasteiger partial charge is 0.308 e. The van der Waals surface area contributed by atoms with E-state index in [0.29, 0.717) is 19.5 Å². The van der Waals surface area contributed by atoms with Crippen LogP contribution in [0.2, 0.25) is 0 Å². The van der Waals surface area contributed by atoms with Crippen molar-refractivity contribution >= 4 is 11.9 Å². The van der Waals surface area contributed by atoms with Crippen molar-refractivity contribution < 1.29 is 14.7 Å². The number of aliphatic carboxylic acids is 1. The first-order valence-electron chi connectivity index (χ1n) is 6.19. The first-order valence-corrected chi connectivity index (χ1v) is 6.19. The van der Waals surface area contributed by atoms with E-state index in [1.165, 1.54) is 0 Å².